The lowest BCUT2D eigenvalue weighted by atomic mass is 9.94. The molecule has 0 fully saturated rings. The fourth-order valence-corrected chi connectivity index (χ4v) is 21.7. The summed E-state index contributed by atoms with van der Waals surface area (Å²) in [7, 11) is 0. The Bertz CT molecular complexity index is 8720. The molecular weight excluding hydrogens is 1770 g/mol. The summed E-state index contributed by atoms with van der Waals surface area (Å²) in [5.41, 5.74) is 27.6. The second-order valence-corrected chi connectivity index (χ2v) is 36.9. The van der Waals surface area contributed by atoms with E-state index in [0.29, 0.717) is 0 Å². The summed E-state index contributed by atoms with van der Waals surface area (Å²) in [4.78, 5) is 13.8. The molecule has 0 aliphatic carbocycles. The van der Waals surface area contributed by atoms with Crippen LogP contribution in [0.5, 0.6) is 34.5 Å². The largest absolute Gasteiger partial charge is 0.456 e. The van der Waals surface area contributed by atoms with E-state index in [-0.39, 0.29) is 0 Å². The number of fused-ring (bicyclic) bond motifs is 18. The smallest absolute Gasteiger partial charge is 0.153 e. The first-order valence-corrected chi connectivity index (χ1v) is 49.0. The van der Waals surface area contributed by atoms with Crippen molar-refractivity contribution < 1.29 is 18.6 Å². The highest BCUT2D eigenvalue weighted by molar-refractivity contribution is 7.25. The number of ether oxygens (including phenoxy) is 3. The van der Waals surface area contributed by atoms with Crippen molar-refractivity contribution in [2.75, 3.05) is 29.4 Å². The molecule has 28 rings (SSSR count). The zero-order valence-electron chi connectivity index (χ0n) is 77.5. The number of rotatable bonds is 15. The van der Waals surface area contributed by atoms with Gasteiger partial charge in [0.25, 0.3) is 0 Å². The van der Waals surface area contributed by atoms with Crippen LogP contribution in [0.4, 0.5) is 102 Å². The minimum Gasteiger partial charge on any atom is -0.456 e. The summed E-state index contributed by atoms with van der Waals surface area (Å²) >= 11 is 1.84. The van der Waals surface area contributed by atoms with Crippen LogP contribution in [-0.4, -0.2) is 0 Å². The molecule has 0 saturated heterocycles. The third kappa shape index (κ3) is 15.8. The van der Waals surface area contributed by atoms with E-state index in [1.165, 1.54) is 85.9 Å². The summed E-state index contributed by atoms with van der Waals surface area (Å²) < 4.78 is 28.7. The number of hydrogen-bond donors (Lipinski definition) is 0. The number of furan rings is 1. The van der Waals surface area contributed by atoms with Gasteiger partial charge in [-0.05, 0) is 272 Å². The maximum Gasteiger partial charge on any atom is 0.153 e. The van der Waals surface area contributed by atoms with Gasteiger partial charge in [-0.2, -0.15) is 0 Å². The third-order valence-electron chi connectivity index (χ3n) is 27.3. The molecule has 2 aromatic heterocycles. The van der Waals surface area contributed by atoms with E-state index in [1.807, 2.05) is 84.1 Å². The Morgan fingerprint density at radius 3 is 0.818 bits per heavy atom. The zero-order chi connectivity index (χ0) is 94.6. The molecule has 0 bridgehead atoms. The van der Waals surface area contributed by atoms with Crippen molar-refractivity contribution in [3.05, 3.63) is 534 Å². The highest BCUT2D eigenvalue weighted by atomic mass is 32.1. The predicted octanol–water partition coefficient (Wildman–Crippen LogP) is 38.9. The Morgan fingerprint density at radius 1 is 0.154 bits per heavy atom. The molecular formula is C132H88N6O4S. The first-order chi connectivity index (χ1) is 70.9. The van der Waals surface area contributed by atoms with E-state index < -0.39 is 0 Å². The topological polar surface area (TPSA) is 60.3 Å². The van der Waals surface area contributed by atoms with E-state index in [9.17, 15) is 0 Å². The first-order valence-electron chi connectivity index (χ1n) is 48.2. The maximum absolute atomic E-state index is 6.68. The Hall–Kier alpha value is -18.9. The SMILES string of the molecule is c1ccc(-c2ccc(N(c3ccc4c(c3)Oc3ccccc3N4c3ccccc3)c3ccc4c5ccccc5c5ccccc5c4c3)cc2)cc1.c1ccc(-c2ccc(N(c3ccc4c(c3)Oc3ccccc3N4c3ccccc3)c3ccc4oc5ccccc5c4c3)cc2)cc1.c1ccc(-c2ccc(N(c3ccc4c(c3)Oc3ccccc3N4c3ccccc3)c3ccc4sc5ccccc5c4c3)cc2)cc1. The van der Waals surface area contributed by atoms with Gasteiger partial charge in [-0.25, -0.2) is 0 Å². The van der Waals surface area contributed by atoms with Crippen LogP contribution >= 0.6 is 11.3 Å². The molecule has 23 aromatic carbocycles. The Morgan fingerprint density at radius 2 is 0.413 bits per heavy atom. The molecule has 3 aliphatic rings. The second-order valence-electron chi connectivity index (χ2n) is 35.8. The Kier molecular flexibility index (Phi) is 21.6. The van der Waals surface area contributed by atoms with Gasteiger partial charge in [-0.15, -0.1) is 11.3 Å². The van der Waals surface area contributed by atoms with E-state index in [4.69, 9.17) is 18.6 Å². The number of anilines is 18. The fourth-order valence-electron chi connectivity index (χ4n) is 20.6. The minimum atomic E-state index is 0.792. The van der Waals surface area contributed by atoms with Crippen LogP contribution in [-0.2, 0) is 0 Å². The number of benzene rings is 23. The molecule has 11 heteroatoms. The van der Waals surface area contributed by atoms with Crippen molar-refractivity contribution in [2.24, 2.45) is 0 Å². The summed E-state index contributed by atoms with van der Waals surface area (Å²) in [6, 6.07) is 188. The molecule has 0 radical (unpaired) electrons. The lowest BCUT2D eigenvalue weighted by molar-refractivity contribution is 0.477. The van der Waals surface area contributed by atoms with Gasteiger partial charge in [-0.1, -0.05) is 309 Å². The number of hydrogen-bond acceptors (Lipinski definition) is 11. The quantitative estimate of drug-likeness (QED) is 0.0928. The van der Waals surface area contributed by atoms with Crippen LogP contribution < -0.4 is 43.6 Å². The normalized spacial score (nSPS) is 12.0. The van der Waals surface area contributed by atoms with Crippen molar-refractivity contribution in [1.82, 2.24) is 0 Å². The van der Waals surface area contributed by atoms with E-state index in [1.54, 1.807) is 0 Å². The zero-order valence-corrected chi connectivity index (χ0v) is 78.3. The van der Waals surface area contributed by atoms with Crippen molar-refractivity contribution in [3.8, 4) is 67.9 Å². The minimum absolute atomic E-state index is 0.792. The van der Waals surface area contributed by atoms with Gasteiger partial charge < -0.3 is 48.0 Å². The van der Waals surface area contributed by atoms with Crippen molar-refractivity contribution >= 4 is 188 Å². The highest BCUT2D eigenvalue weighted by Gasteiger charge is 2.33. The standard InChI is InChI=1S/C48H32N2O.C42H28N2O2.C42H28N2OS/c1-3-13-33(14-4-1)34-23-25-36(26-24-34)49(37-27-29-43-41-19-8-7-17-39(41)40-18-9-10-20-42(40)44(43)31-37)38-28-30-46-48(32-38)51-47-22-12-11-21-45(47)50(46)35-15-5-2-6-16-35;1-3-11-29(12-4-1)30-19-21-32(22-20-30)43(33-24-26-40-36(27-33)35-15-7-9-17-39(35)45-40)34-23-25-38-42(28-34)46-41-18-10-8-16-37(41)44(38)31-13-5-2-6-14-31;1-3-11-29(12-4-1)30-19-21-32(22-20-30)43(33-24-26-42-36(27-33)35-15-7-10-18-41(35)46-42)34-23-25-38-40(28-34)45-39-17-9-8-16-37(39)44(38)31-13-5-2-6-14-31/h1-32H;2*1-28H. The van der Waals surface area contributed by atoms with Crippen molar-refractivity contribution in [3.63, 3.8) is 0 Å². The maximum atomic E-state index is 6.68. The molecule has 676 valence electrons. The number of thiophene rings is 1. The monoisotopic (exact) mass is 1850 g/mol. The molecule has 25 aromatic rings. The Labute approximate surface area is 832 Å². The molecule has 0 amide bonds. The van der Waals surface area contributed by atoms with Gasteiger partial charge in [0.2, 0.25) is 0 Å². The molecule has 10 nitrogen and oxygen atoms in total. The average Bonchev–Trinajstić information content (AvgIpc) is 1.67. The van der Waals surface area contributed by atoms with Gasteiger partial charge in [0.15, 0.2) is 34.5 Å². The van der Waals surface area contributed by atoms with Crippen LogP contribution in [0.1, 0.15) is 0 Å². The van der Waals surface area contributed by atoms with Crippen LogP contribution in [0.15, 0.2) is 538 Å². The molecule has 143 heavy (non-hydrogen) atoms. The molecule has 0 unspecified atom stereocenters. The molecule has 0 saturated carbocycles. The molecule has 3 aliphatic heterocycles. The molecule has 0 atom stereocenters. The lowest BCUT2D eigenvalue weighted by Gasteiger charge is -2.34. The predicted molar refractivity (Wildman–Crippen MR) is 597 cm³/mol. The van der Waals surface area contributed by atoms with Gasteiger partial charge in [0.05, 0.1) is 34.1 Å². The van der Waals surface area contributed by atoms with Gasteiger partial charge in [-0.3, -0.25) is 0 Å². The van der Waals surface area contributed by atoms with Crippen LogP contribution in [0.25, 0.3) is 108 Å². The summed E-state index contributed by atoms with van der Waals surface area (Å²) in [5, 5.41) is 12.3. The highest BCUT2D eigenvalue weighted by Crippen LogP contribution is 2.58. The fraction of sp³-hybridized carbons (Fsp3) is 0. The first kappa shape index (κ1) is 84.6. The van der Waals surface area contributed by atoms with Gasteiger partial charge >= 0.3 is 0 Å². The summed E-state index contributed by atoms with van der Waals surface area (Å²) in [6.07, 6.45) is 0. The number of para-hydroxylation sites is 10. The molecule has 0 N–H and O–H groups in total. The van der Waals surface area contributed by atoms with E-state index >= 15 is 0 Å². The van der Waals surface area contributed by atoms with Crippen molar-refractivity contribution in [1.29, 1.82) is 0 Å². The Balaban J connectivity index is 0.000000110. The summed E-state index contributed by atoms with van der Waals surface area (Å²) in [6.45, 7) is 0. The van der Waals surface area contributed by atoms with Gasteiger partial charge in [0, 0.05) is 117 Å². The van der Waals surface area contributed by atoms with Gasteiger partial charge in [0.1, 0.15) is 11.2 Å². The average molecular weight is 1850 g/mol. The van der Waals surface area contributed by atoms with E-state index in [2.05, 4.69) is 490 Å². The molecule has 0 spiro atoms. The van der Waals surface area contributed by atoms with Crippen LogP contribution in [0, 0.1) is 0 Å². The summed E-state index contributed by atoms with van der Waals surface area (Å²) in [5.74, 6) is 4.89. The number of nitrogens with zero attached hydrogens (tertiary/aromatic N) is 6. The van der Waals surface area contributed by atoms with Crippen LogP contribution in [0.2, 0.25) is 0 Å². The molecule has 5 heterocycles. The third-order valence-corrected chi connectivity index (χ3v) is 28.4. The van der Waals surface area contributed by atoms with Crippen LogP contribution in [0.3, 0.4) is 0 Å². The lowest BCUT2D eigenvalue weighted by Crippen LogP contribution is -2.16. The van der Waals surface area contributed by atoms with E-state index in [0.717, 1.165) is 159 Å². The second kappa shape index (κ2) is 36.5. The van der Waals surface area contributed by atoms with Crippen molar-refractivity contribution in [2.45, 2.75) is 0 Å².